The number of halogens is 1. The van der Waals surface area contributed by atoms with E-state index in [1.54, 1.807) is 18.9 Å². The third kappa shape index (κ3) is 5.05. The SMILES string of the molecule is COc1ccc2ccc(Cl)c(C(O)CN3C4CCC3CC(NCc3ccc5c(c3)NC(=O)CS5)C4)c2n1. The van der Waals surface area contributed by atoms with Gasteiger partial charge in [-0.15, -0.1) is 11.8 Å². The molecular weight excluding hydrogens is 508 g/mol. The van der Waals surface area contributed by atoms with Crippen LogP contribution >= 0.6 is 23.4 Å². The highest BCUT2D eigenvalue weighted by Crippen LogP contribution is 2.39. The average Bonchev–Trinajstić information content (AvgIpc) is 3.12. The predicted octanol–water partition coefficient (Wildman–Crippen LogP) is 4.76. The number of nitrogens with one attached hydrogen (secondary N) is 2. The number of fused-ring (bicyclic) bond motifs is 4. The van der Waals surface area contributed by atoms with E-state index in [2.05, 4.69) is 38.7 Å². The molecule has 0 aliphatic carbocycles. The summed E-state index contributed by atoms with van der Waals surface area (Å²) in [4.78, 5) is 20.0. The number of carbonyl (C=O) groups excluding carboxylic acids is 1. The van der Waals surface area contributed by atoms with Crippen molar-refractivity contribution in [3.05, 3.63) is 58.6 Å². The number of thioether (sulfide) groups is 1. The van der Waals surface area contributed by atoms with E-state index >= 15 is 0 Å². The molecule has 3 aliphatic rings. The number of hydrogen-bond acceptors (Lipinski definition) is 7. The molecule has 3 aromatic rings. The Bertz CT molecular complexity index is 1320. The number of aliphatic hydroxyl groups excluding tert-OH is 1. The summed E-state index contributed by atoms with van der Waals surface area (Å²) in [6, 6.07) is 15.2. The number of amides is 1. The minimum Gasteiger partial charge on any atom is -0.481 e. The number of benzene rings is 2. The summed E-state index contributed by atoms with van der Waals surface area (Å²) in [7, 11) is 1.59. The molecule has 6 rings (SSSR count). The maximum atomic E-state index is 11.7. The standard InChI is InChI=1S/C28H31ClN4O3S/c1-36-26-9-4-17-3-7-21(29)27(28(17)32-26)23(34)14-33-19-5-6-20(33)12-18(11-19)30-13-16-2-8-24-22(10-16)31-25(35)15-37-24/h2-4,7-10,18-20,23,30,34H,5-6,11-15H2,1H3,(H,31,35). The van der Waals surface area contributed by atoms with Crippen molar-refractivity contribution >= 4 is 45.9 Å². The number of anilines is 1. The molecule has 3 aliphatic heterocycles. The van der Waals surface area contributed by atoms with Gasteiger partial charge in [0.25, 0.3) is 0 Å². The van der Waals surface area contributed by atoms with Crippen LogP contribution < -0.4 is 15.4 Å². The lowest BCUT2D eigenvalue weighted by Gasteiger charge is -2.40. The summed E-state index contributed by atoms with van der Waals surface area (Å²) in [6.07, 6.45) is 3.67. The van der Waals surface area contributed by atoms with Crippen LogP contribution in [0.5, 0.6) is 5.88 Å². The second-order valence-electron chi connectivity index (χ2n) is 10.2. The molecule has 1 aromatic heterocycles. The van der Waals surface area contributed by atoms with Crippen molar-refractivity contribution in [2.45, 2.75) is 61.4 Å². The Morgan fingerprint density at radius 3 is 2.78 bits per heavy atom. The molecule has 0 spiro atoms. The van der Waals surface area contributed by atoms with Crippen LogP contribution in [0.25, 0.3) is 10.9 Å². The van der Waals surface area contributed by atoms with Crippen LogP contribution in [0, 0.1) is 0 Å². The average molecular weight is 539 g/mol. The van der Waals surface area contributed by atoms with Crippen molar-refractivity contribution in [1.29, 1.82) is 0 Å². The molecule has 194 valence electrons. The second-order valence-corrected chi connectivity index (χ2v) is 11.6. The first kappa shape index (κ1) is 24.9. The number of methoxy groups -OCH3 is 1. The summed E-state index contributed by atoms with van der Waals surface area (Å²) in [6.45, 7) is 1.32. The lowest BCUT2D eigenvalue weighted by atomic mass is 9.95. The first-order chi connectivity index (χ1) is 18.0. The smallest absolute Gasteiger partial charge is 0.234 e. The number of ether oxygens (including phenoxy) is 1. The monoisotopic (exact) mass is 538 g/mol. The molecule has 4 heterocycles. The minimum absolute atomic E-state index is 0.0634. The van der Waals surface area contributed by atoms with Gasteiger partial charge >= 0.3 is 0 Å². The second kappa shape index (κ2) is 10.4. The zero-order chi connectivity index (χ0) is 25.5. The highest BCUT2D eigenvalue weighted by molar-refractivity contribution is 8.00. The molecule has 9 heteroatoms. The summed E-state index contributed by atoms with van der Waals surface area (Å²) < 4.78 is 5.32. The van der Waals surface area contributed by atoms with Crippen molar-refractivity contribution < 1.29 is 14.6 Å². The van der Waals surface area contributed by atoms with Gasteiger partial charge in [-0.05, 0) is 55.5 Å². The van der Waals surface area contributed by atoms with Gasteiger partial charge in [0.1, 0.15) is 0 Å². The Morgan fingerprint density at radius 2 is 2.00 bits per heavy atom. The highest BCUT2D eigenvalue weighted by Gasteiger charge is 2.41. The van der Waals surface area contributed by atoms with Gasteiger partial charge in [0.2, 0.25) is 11.8 Å². The highest BCUT2D eigenvalue weighted by atomic mass is 35.5. The van der Waals surface area contributed by atoms with Crippen molar-refractivity contribution in [2.24, 2.45) is 0 Å². The lowest BCUT2D eigenvalue weighted by Crippen LogP contribution is -2.50. The predicted molar refractivity (Wildman–Crippen MR) is 147 cm³/mol. The van der Waals surface area contributed by atoms with Gasteiger partial charge in [0.05, 0.1) is 30.2 Å². The fourth-order valence-electron chi connectivity index (χ4n) is 6.13. The zero-order valence-electron chi connectivity index (χ0n) is 20.7. The molecule has 2 saturated heterocycles. The Labute approximate surface area is 225 Å². The quantitative estimate of drug-likeness (QED) is 0.400. The van der Waals surface area contributed by atoms with Crippen LogP contribution in [0.2, 0.25) is 5.02 Å². The number of rotatable bonds is 7. The molecule has 37 heavy (non-hydrogen) atoms. The molecule has 0 saturated carbocycles. The topological polar surface area (TPSA) is 86.7 Å². The molecule has 2 aromatic carbocycles. The Kier molecular flexibility index (Phi) is 7.03. The minimum atomic E-state index is -0.730. The fraction of sp³-hybridized carbons (Fsp3) is 0.429. The molecule has 3 atom stereocenters. The summed E-state index contributed by atoms with van der Waals surface area (Å²) in [5.74, 6) is 1.06. The molecule has 7 nitrogen and oxygen atoms in total. The molecular formula is C28H31ClN4O3S. The van der Waals surface area contributed by atoms with Gasteiger partial charge in [-0.3, -0.25) is 9.69 Å². The molecule has 2 bridgehead atoms. The van der Waals surface area contributed by atoms with Crippen LogP contribution in [-0.4, -0.2) is 58.4 Å². The normalized spacial score (nSPS) is 24.1. The van der Waals surface area contributed by atoms with E-state index in [4.69, 9.17) is 16.3 Å². The maximum absolute atomic E-state index is 11.7. The third-order valence-corrected chi connectivity index (χ3v) is 9.31. The van der Waals surface area contributed by atoms with Crippen LogP contribution in [0.1, 0.15) is 42.9 Å². The number of hydrogen-bond donors (Lipinski definition) is 3. The Hall–Kier alpha value is -2.36. The van der Waals surface area contributed by atoms with Crippen LogP contribution in [-0.2, 0) is 11.3 Å². The molecule has 1 amide bonds. The van der Waals surface area contributed by atoms with Gasteiger partial charge < -0.3 is 20.5 Å². The van der Waals surface area contributed by atoms with Crippen molar-refractivity contribution in [1.82, 2.24) is 15.2 Å². The third-order valence-electron chi connectivity index (χ3n) is 7.90. The number of piperidine rings is 1. The van der Waals surface area contributed by atoms with Crippen LogP contribution in [0.4, 0.5) is 5.69 Å². The van der Waals surface area contributed by atoms with E-state index in [1.807, 2.05) is 24.3 Å². The van der Waals surface area contributed by atoms with Crippen molar-refractivity contribution in [3.63, 3.8) is 0 Å². The van der Waals surface area contributed by atoms with Crippen molar-refractivity contribution in [2.75, 3.05) is 24.7 Å². The Morgan fingerprint density at radius 1 is 1.22 bits per heavy atom. The number of pyridine rings is 1. The molecule has 3 N–H and O–H groups in total. The number of nitrogens with zero attached hydrogens (tertiary/aromatic N) is 2. The summed E-state index contributed by atoms with van der Waals surface area (Å²) in [5.41, 5.74) is 3.47. The van der Waals surface area contributed by atoms with Gasteiger partial charge in [-0.25, -0.2) is 4.98 Å². The fourth-order valence-corrected chi connectivity index (χ4v) is 7.20. The van der Waals surface area contributed by atoms with E-state index < -0.39 is 6.10 Å². The Balaban J connectivity index is 1.11. The van der Waals surface area contributed by atoms with Crippen LogP contribution in [0.3, 0.4) is 0 Å². The molecule has 0 radical (unpaired) electrons. The maximum Gasteiger partial charge on any atom is 0.234 e. The lowest BCUT2D eigenvalue weighted by molar-refractivity contribution is -0.113. The summed E-state index contributed by atoms with van der Waals surface area (Å²) in [5, 5.41) is 19.6. The van der Waals surface area contributed by atoms with E-state index in [0.29, 0.717) is 52.4 Å². The first-order valence-electron chi connectivity index (χ1n) is 12.8. The zero-order valence-corrected chi connectivity index (χ0v) is 22.3. The largest absolute Gasteiger partial charge is 0.481 e. The van der Waals surface area contributed by atoms with E-state index in [1.165, 1.54) is 5.56 Å². The van der Waals surface area contributed by atoms with E-state index in [0.717, 1.165) is 48.2 Å². The summed E-state index contributed by atoms with van der Waals surface area (Å²) >= 11 is 8.17. The van der Waals surface area contributed by atoms with Crippen LogP contribution in [0.15, 0.2) is 47.4 Å². The van der Waals surface area contributed by atoms with E-state index in [9.17, 15) is 9.90 Å². The number of aliphatic hydroxyl groups is 1. The molecule has 2 fully saturated rings. The number of carbonyl (C=O) groups is 1. The van der Waals surface area contributed by atoms with Gasteiger partial charge in [0, 0.05) is 58.1 Å². The van der Waals surface area contributed by atoms with Gasteiger partial charge in [0.15, 0.2) is 0 Å². The molecule has 3 unspecified atom stereocenters. The van der Waals surface area contributed by atoms with E-state index in [-0.39, 0.29) is 5.91 Å². The first-order valence-corrected chi connectivity index (χ1v) is 14.2. The number of aromatic nitrogens is 1. The van der Waals surface area contributed by atoms with Gasteiger partial charge in [-0.2, -0.15) is 0 Å². The van der Waals surface area contributed by atoms with Gasteiger partial charge in [-0.1, -0.05) is 23.7 Å². The van der Waals surface area contributed by atoms with Crippen molar-refractivity contribution in [3.8, 4) is 5.88 Å².